The number of amides is 1. The largest absolute Gasteiger partial charge is 0.481 e. The summed E-state index contributed by atoms with van der Waals surface area (Å²) in [6.45, 7) is 8.14. The van der Waals surface area contributed by atoms with Gasteiger partial charge >= 0.3 is 0 Å². The van der Waals surface area contributed by atoms with Crippen molar-refractivity contribution in [3.05, 3.63) is 101 Å². The summed E-state index contributed by atoms with van der Waals surface area (Å²) in [5.41, 5.74) is 5.65. The Hall–Kier alpha value is -3.07. The molecule has 0 aliphatic heterocycles. The molecule has 29 heavy (non-hydrogen) atoms. The van der Waals surface area contributed by atoms with Gasteiger partial charge in [-0.15, -0.1) is 0 Å². The molecule has 0 fully saturated rings. The normalized spacial score (nSPS) is 12.8. The topological polar surface area (TPSA) is 38.3 Å². The zero-order chi connectivity index (χ0) is 20.8. The zero-order valence-electron chi connectivity index (χ0n) is 17.6. The van der Waals surface area contributed by atoms with Crippen molar-refractivity contribution in [3.63, 3.8) is 0 Å². The van der Waals surface area contributed by atoms with E-state index in [-0.39, 0.29) is 11.9 Å². The highest BCUT2D eigenvalue weighted by Crippen LogP contribution is 2.24. The Morgan fingerprint density at radius 2 is 1.52 bits per heavy atom. The van der Waals surface area contributed by atoms with E-state index >= 15 is 0 Å². The Labute approximate surface area is 173 Å². The van der Waals surface area contributed by atoms with Gasteiger partial charge < -0.3 is 10.1 Å². The Kier molecular flexibility index (Phi) is 6.71. The molecule has 3 aromatic rings. The van der Waals surface area contributed by atoms with Gasteiger partial charge in [-0.1, -0.05) is 73.2 Å². The molecule has 0 heterocycles. The molecule has 0 spiro atoms. The van der Waals surface area contributed by atoms with Crippen LogP contribution in [0.25, 0.3) is 0 Å². The molecule has 3 aromatic carbocycles. The molecule has 0 aliphatic carbocycles. The van der Waals surface area contributed by atoms with Crippen molar-refractivity contribution >= 4 is 5.91 Å². The quantitative estimate of drug-likeness (QED) is 0.567. The van der Waals surface area contributed by atoms with Gasteiger partial charge in [0, 0.05) is 0 Å². The van der Waals surface area contributed by atoms with Crippen molar-refractivity contribution in [2.75, 3.05) is 0 Å². The summed E-state index contributed by atoms with van der Waals surface area (Å²) in [6.07, 6.45) is 0.0440. The van der Waals surface area contributed by atoms with E-state index in [2.05, 4.69) is 43.4 Å². The van der Waals surface area contributed by atoms with Gasteiger partial charge in [0.05, 0.1) is 6.04 Å². The molecule has 3 rings (SSSR count). The van der Waals surface area contributed by atoms with Crippen LogP contribution in [0, 0.1) is 20.8 Å². The summed E-state index contributed by atoms with van der Waals surface area (Å²) in [5, 5.41) is 3.20. The summed E-state index contributed by atoms with van der Waals surface area (Å²) in [4.78, 5) is 13.1. The van der Waals surface area contributed by atoms with E-state index in [1.54, 1.807) is 0 Å². The van der Waals surface area contributed by atoms with Crippen LogP contribution >= 0.6 is 0 Å². The predicted octanol–water partition coefficient (Wildman–Crippen LogP) is 5.68. The first-order valence-electron chi connectivity index (χ1n) is 10.1. The van der Waals surface area contributed by atoms with Crippen molar-refractivity contribution < 1.29 is 9.53 Å². The van der Waals surface area contributed by atoms with Crippen LogP contribution in [0.2, 0.25) is 0 Å². The van der Waals surface area contributed by atoms with Crippen LogP contribution in [0.1, 0.15) is 47.2 Å². The van der Waals surface area contributed by atoms with Crippen molar-refractivity contribution in [2.24, 2.45) is 0 Å². The summed E-state index contributed by atoms with van der Waals surface area (Å²) >= 11 is 0. The minimum Gasteiger partial charge on any atom is -0.481 e. The Morgan fingerprint density at radius 1 is 0.862 bits per heavy atom. The van der Waals surface area contributed by atoms with Crippen LogP contribution in [-0.4, -0.2) is 12.0 Å². The van der Waals surface area contributed by atoms with Crippen molar-refractivity contribution in [3.8, 4) is 5.75 Å². The lowest BCUT2D eigenvalue weighted by atomic mass is 9.97. The molecule has 1 amide bonds. The first-order chi connectivity index (χ1) is 14.0. The van der Waals surface area contributed by atoms with E-state index in [0.29, 0.717) is 6.42 Å². The number of carbonyl (C=O) groups is 1. The second-order valence-corrected chi connectivity index (χ2v) is 7.52. The van der Waals surface area contributed by atoms with Gasteiger partial charge in [-0.3, -0.25) is 4.79 Å². The summed E-state index contributed by atoms with van der Waals surface area (Å²) in [7, 11) is 0. The highest BCUT2D eigenvalue weighted by Gasteiger charge is 2.24. The summed E-state index contributed by atoms with van der Waals surface area (Å²) in [6, 6.07) is 24.0. The molecule has 3 heteroatoms. The fraction of sp³-hybridized carbons (Fsp3) is 0.269. The van der Waals surface area contributed by atoms with Crippen molar-refractivity contribution in [1.82, 2.24) is 5.32 Å². The maximum atomic E-state index is 13.1. The third kappa shape index (κ3) is 5.26. The molecule has 1 N–H and O–H groups in total. The van der Waals surface area contributed by atoms with E-state index < -0.39 is 6.10 Å². The van der Waals surface area contributed by atoms with Gasteiger partial charge in [-0.05, 0) is 61.6 Å². The lowest BCUT2D eigenvalue weighted by molar-refractivity contribution is -0.128. The molecule has 0 saturated carbocycles. The number of hydrogen-bond donors (Lipinski definition) is 1. The zero-order valence-corrected chi connectivity index (χ0v) is 17.6. The van der Waals surface area contributed by atoms with Crippen LogP contribution in [0.5, 0.6) is 5.75 Å². The summed E-state index contributed by atoms with van der Waals surface area (Å²) < 4.78 is 6.04. The van der Waals surface area contributed by atoms with Gasteiger partial charge in [-0.2, -0.15) is 0 Å². The standard InChI is InChI=1S/C26H29NO2/c1-5-24(29-23-16-13-19(3)20(4)17-23)26(28)27-25(21-9-7-6-8-10-21)22-14-11-18(2)12-15-22/h6-17,24-25H,5H2,1-4H3,(H,27,28)/t24-,25-/m0/s1. The van der Waals surface area contributed by atoms with E-state index in [0.717, 1.165) is 22.4 Å². The fourth-order valence-corrected chi connectivity index (χ4v) is 3.27. The molecule has 0 unspecified atom stereocenters. The molecule has 3 nitrogen and oxygen atoms in total. The number of aryl methyl sites for hydroxylation is 3. The van der Waals surface area contributed by atoms with Crippen LogP contribution in [-0.2, 0) is 4.79 Å². The Bertz CT molecular complexity index is 948. The van der Waals surface area contributed by atoms with Gasteiger partial charge in [0.15, 0.2) is 6.10 Å². The van der Waals surface area contributed by atoms with E-state index in [4.69, 9.17) is 4.74 Å². The second-order valence-electron chi connectivity index (χ2n) is 7.52. The first kappa shape index (κ1) is 20.7. The third-order valence-corrected chi connectivity index (χ3v) is 5.25. The monoisotopic (exact) mass is 387 g/mol. The molecule has 2 atom stereocenters. The van der Waals surface area contributed by atoms with E-state index in [9.17, 15) is 4.79 Å². The van der Waals surface area contributed by atoms with Crippen LogP contribution in [0.15, 0.2) is 72.8 Å². The Balaban J connectivity index is 1.82. The number of nitrogens with one attached hydrogen (secondary N) is 1. The number of benzene rings is 3. The fourth-order valence-electron chi connectivity index (χ4n) is 3.27. The maximum Gasteiger partial charge on any atom is 0.261 e. The highest BCUT2D eigenvalue weighted by molar-refractivity contribution is 5.82. The van der Waals surface area contributed by atoms with Gasteiger partial charge in [0.25, 0.3) is 5.91 Å². The minimum absolute atomic E-state index is 0.111. The van der Waals surface area contributed by atoms with E-state index in [1.165, 1.54) is 11.1 Å². The molecular weight excluding hydrogens is 358 g/mol. The lowest BCUT2D eigenvalue weighted by Gasteiger charge is -2.24. The molecule has 0 aromatic heterocycles. The van der Waals surface area contributed by atoms with E-state index in [1.807, 2.05) is 62.4 Å². The number of hydrogen-bond acceptors (Lipinski definition) is 2. The third-order valence-electron chi connectivity index (χ3n) is 5.25. The average Bonchev–Trinajstić information content (AvgIpc) is 2.74. The SMILES string of the molecule is CC[C@H](Oc1ccc(C)c(C)c1)C(=O)N[C@@H](c1ccccc1)c1ccc(C)cc1. The molecule has 0 bridgehead atoms. The predicted molar refractivity (Wildman–Crippen MR) is 118 cm³/mol. The molecule has 150 valence electrons. The average molecular weight is 388 g/mol. The number of rotatable bonds is 7. The van der Waals surface area contributed by atoms with Crippen LogP contribution in [0.3, 0.4) is 0 Å². The maximum absolute atomic E-state index is 13.1. The molecular formula is C26H29NO2. The first-order valence-corrected chi connectivity index (χ1v) is 10.1. The van der Waals surface area contributed by atoms with Gasteiger partial charge in [-0.25, -0.2) is 0 Å². The molecule has 0 radical (unpaired) electrons. The molecule has 0 saturated heterocycles. The highest BCUT2D eigenvalue weighted by atomic mass is 16.5. The van der Waals surface area contributed by atoms with Crippen molar-refractivity contribution in [1.29, 1.82) is 0 Å². The molecule has 0 aliphatic rings. The smallest absolute Gasteiger partial charge is 0.261 e. The number of ether oxygens (including phenoxy) is 1. The lowest BCUT2D eigenvalue weighted by Crippen LogP contribution is -2.40. The van der Waals surface area contributed by atoms with Gasteiger partial charge in [0.2, 0.25) is 0 Å². The van der Waals surface area contributed by atoms with Gasteiger partial charge in [0.1, 0.15) is 5.75 Å². The summed E-state index contributed by atoms with van der Waals surface area (Å²) in [5.74, 6) is 0.613. The Morgan fingerprint density at radius 3 is 2.14 bits per heavy atom. The second kappa shape index (κ2) is 9.42. The van der Waals surface area contributed by atoms with Crippen molar-refractivity contribution in [2.45, 2.75) is 46.3 Å². The van der Waals surface area contributed by atoms with Crippen LogP contribution in [0.4, 0.5) is 0 Å². The number of carbonyl (C=O) groups excluding carboxylic acids is 1. The minimum atomic E-state index is -0.547. The van der Waals surface area contributed by atoms with Crippen LogP contribution < -0.4 is 10.1 Å².